The Kier molecular flexibility index (Phi) is 4.83. The second-order valence-electron chi connectivity index (χ2n) is 4.64. The number of hydrogen-bond donors (Lipinski definition) is 2. The van der Waals surface area contributed by atoms with Gasteiger partial charge in [0.25, 0.3) is 0 Å². The molecule has 0 aliphatic heterocycles. The molecule has 0 aromatic heterocycles. The maximum Gasteiger partial charge on any atom is 0.492 e. The highest BCUT2D eigenvalue weighted by molar-refractivity contribution is 6.59. The SMILES string of the molecule is COc1ccc(OCc2cc(F)ccc2C)c(B(O)O)c1. The molecule has 21 heavy (non-hydrogen) atoms. The monoisotopic (exact) mass is 290 g/mol. The van der Waals surface area contributed by atoms with Crippen LogP contribution in [0.25, 0.3) is 0 Å². The van der Waals surface area contributed by atoms with Gasteiger partial charge in [-0.05, 0) is 48.4 Å². The average molecular weight is 290 g/mol. The summed E-state index contributed by atoms with van der Waals surface area (Å²) in [6, 6.07) is 9.17. The number of methoxy groups -OCH3 is 1. The molecule has 0 radical (unpaired) electrons. The molecule has 2 aromatic carbocycles. The molecule has 0 unspecified atom stereocenters. The van der Waals surface area contributed by atoms with E-state index in [1.807, 2.05) is 6.92 Å². The molecular formula is C15H16BFO4. The van der Waals surface area contributed by atoms with Gasteiger partial charge in [0.05, 0.1) is 7.11 Å². The Bertz CT molecular complexity index is 631. The first kappa shape index (κ1) is 15.3. The summed E-state index contributed by atoms with van der Waals surface area (Å²) in [6.07, 6.45) is 0. The molecule has 0 aliphatic carbocycles. The fourth-order valence-electron chi connectivity index (χ4n) is 1.94. The lowest BCUT2D eigenvalue weighted by Gasteiger charge is -2.13. The fourth-order valence-corrected chi connectivity index (χ4v) is 1.94. The van der Waals surface area contributed by atoms with Gasteiger partial charge < -0.3 is 19.5 Å². The number of hydrogen-bond acceptors (Lipinski definition) is 4. The first-order valence-electron chi connectivity index (χ1n) is 6.43. The predicted octanol–water partition coefficient (Wildman–Crippen LogP) is 1.40. The minimum absolute atomic E-state index is 0.135. The first-order valence-corrected chi connectivity index (χ1v) is 6.43. The summed E-state index contributed by atoms with van der Waals surface area (Å²) in [5.74, 6) is 0.471. The van der Waals surface area contributed by atoms with Crippen LogP contribution in [-0.2, 0) is 6.61 Å². The molecule has 110 valence electrons. The lowest BCUT2D eigenvalue weighted by atomic mass is 9.79. The Morgan fingerprint density at radius 3 is 2.57 bits per heavy atom. The Hall–Kier alpha value is -2.05. The van der Waals surface area contributed by atoms with E-state index >= 15 is 0 Å². The molecule has 2 aromatic rings. The fraction of sp³-hybridized carbons (Fsp3) is 0.200. The minimum atomic E-state index is -1.68. The Balaban J connectivity index is 2.21. The molecule has 0 spiro atoms. The predicted molar refractivity (Wildman–Crippen MR) is 78.3 cm³/mol. The van der Waals surface area contributed by atoms with Crippen molar-refractivity contribution < 1.29 is 23.9 Å². The van der Waals surface area contributed by atoms with Crippen LogP contribution in [0, 0.1) is 12.7 Å². The summed E-state index contributed by atoms with van der Waals surface area (Å²) in [6.45, 7) is 1.99. The molecule has 4 nitrogen and oxygen atoms in total. The molecule has 0 fully saturated rings. The van der Waals surface area contributed by atoms with Crippen molar-refractivity contribution >= 4 is 12.6 Å². The summed E-state index contributed by atoms with van der Waals surface area (Å²) in [5, 5.41) is 18.8. The van der Waals surface area contributed by atoms with E-state index in [2.05, 4.69) is 0 Å². The van der Waals surface area contributed by atoms with E-state index in [4.69, 9.17) is 9.47 Å². The molecule has 2 rings (SSSR count). The van der Waals surface area contributed by atoms with Crippen molar-refractivity contribution in [3.63, 3.8) is 0 Å². The topological polar surface area (TPSA) is 58.9 Å². The van der Waals surface area contributed by atoms with Crippen molar-refractivity contribution in [3.05, 3.63) is 53.3 Å². The number of ether oxygens (including phenoxy) is 2. The quantitative estimate of drug-likeness (QED) is 0.817. The summed E-state index contributed by atoms with van der Waals surface area (Å²) in [7, 11) is -0.192. The normalized spacial score (nSPS) is 10.3. The van der Waals surface area contributed by atoms with Crippen LogP contribution in [0.5, 0.6) is 11.5 Å². The second-order valence-corrected chi connectivity index (χ2v) is 4.64. The van der Waals surface area contributed by atoms with Gasteiger partial charge in [0, 0.05) is 5.46 Å². The number of aryl methyl sites for hydroxylation is 1. The van der Waals surface area contributed by atoms with Crippen LogP contribution in [0.1, 0.15) is 11.1 Å². The second kappa shape index (κ2) is 6.60. The van der Waals surface area contributed by atoms with E-state index < -0.39 is 7.12 Å². The smallest absolute Gasteiger partial charge is 0.492 e. The van der Waals surface area contributed by atoms with Gasteiger partial charge >= 0.3 is 7.12 Å². The Morgan fingerprint density at radius 2 is 1.90 bits per heavy atom. The number of benzene rings is 2. The van der Waals surface area contributed by atoms with E-state index in [9.17, 15) is 14.4 Å². The molecule has 0 saturated carbocycles. The molecule has 2 N–H and O–H groups in total. The third kappa shape index (κ3) is 3.74. The van der Waals surface area contributed by atoms with Gasteiger partial charge in [-0.3, -0.25) is 0 Å². The summed E-state index contributed by atoms with van der Waals surface area (Å²) < 4.78 is 23.8. The molecule has 6 heteroatoms. The lowest BCUT2D eigenvalue weighted by molar-refractivity contribution is 0.304. The van der Waals surface area contributed by atoms with Crippen LogP contribution < -0.4 is 14.9 Å². The highest BCUT2D eigenvalue weighted by Crippen LogP contribution is 2.18. The molecular weight excluding hydrogens is 274 g/mol. The van der Waals surface area contributed by atoms with E-state index in [0.717, 1.165) is 5.56 Å². The van der Waals surface area contributed by atoms with Crippen molar-refractivity contribution in [3.8, 4) is 11.5 Å². The van der Waals surface area contributed by atoms with Crippen LogP contribution >= 0.6 is 0 Å². The van der Waals surface area contributed by atoms with Crippen molar-refractivity contribution in [1.29, 1.82) is 0 Å². The third-order valence-corrected chi connectivity index (χ3v) is 3.19. The van der Waals surface area contributed by atoms with Gasteiger partial charge in [-0.25, -0.2) is 4.39 Å². The van der Waals surface area contributed by atoms with Gasteiger partial charge in [-0.15, -0.1) is 0 Å². The van der Waals surface area contributed by atoms with Gasteiger partial charge in [0.2, 0.25) is 0 Å². The van der Waals surface area contributed by atoms with E-state index in [0.29, 0.717) is 17.1 Å². The summed E-state index contributed by atoms with van der Waals surface area (Å²) in [5.41, 5.74) is 1.80. The van der Waals surface area contributed by atoms with Crippen molar-refractivity contribution in [2.45, 2.75) is 13.5 Å². The molecule has 0 bridgehead atoms. The van der Waals surface area contributed by atoms with Crippen LogP contribution in [0.3, 0.4) is 0 Å². The Labute approximate surface area is 122 Å². The highest BCUT2D eigenvalue weighted by atomic mass is 19.1. The number of rotatable bonds is 5. The van der Waals surface area contributed by atoms with E-state index in [-0.39, 0.29) is 17.9 Å². The Morgan fingerprint density at radius 1 is 1.14 bits per heavy atom. The van der Waals surface area contributed by atoms with Crippen molar-refractivity contribution in [2.75, 3.05) is 7.11 Å². The van der Waals surface area contributed by atoms with Crippen molar-refractivity contribution in [1.82, 2.24) is 0 Å². The molecule has 0 saturated heterocycles. The van der Waals surface area contributed by atoms with Gasteiger partial charge in [-0.2, -0.15) is 0 Å². The van der Waals surface area contributed by atoms with Crippen LogP contribution in [-0.4, -0.2) is 24.3 Å². The maximum absolute atomic E-state index is 13.2. The third-order valence-electron chi connectivity index (χ3n) is 3.19. The van der Waals surface area contributed by atoms with E-state index in [1.165, 1.54) is 25.3 Å². The molecule has 0 aliphatic rings. The summed E-state index contributed by atoms with van der Waals surface area (Å²) >= 11 is 0. The molecule has 0 heterocycles. The summed E-state index contributed by atoms with van der Waals surface area (Å²) in [4.78, 5) is 0. The van der Waals surface area contributed by atoms with E-state index in [1.54, 1.807) is 18.2 Å². The molecule has 0 amide bonds. The zero-order valence-electron chi connectivity index (χ0n) is 11.8. The standard InChI is InChI=1S/C15H16BFO4/c1-10-3-4-12(17)7-11(10)9-21-15-6-5-13(20-2)8-14(15)16(18)19/h3-8,18-19H,9H2,1-2H3. The zero-order valence-corrected chi connectivity index (χ0v) is 11.8. The minimum Gasteiger partial charge on any atom is -0.497 e. The average Bonchev–Trinajstić information content (AvgIpc) is 2.48. The van der Waals surface area contributed by atoms with Gasteiger partial charge in [-0.1, -0.05) is 6.07 Å². The largest absolute Gasteiger partial charge is 0.497 e. The molecule has 0 atom stereocenters. The van der Waals surface area contributed by atoms with Crippen molar-refractivity contribution in [2.24, 2.45) is 0 Å². The van der Waals surface area contributed by atoms with Crippen LogP contribution in [0.4, 0.5) is 4.39 Å². The van der Waals surface area contributed by atoms with Crippen LogP contribution in [0.15, 0.2) is 36.4 Å². The zero-order chi connectivity index (χ0) is 15.4. The highest BCUT2D eigenvalue weighted by Gasteiger charge is 2.18. The maximum atomic E-state index is 13.2. The first-order chi connectivity index (χ1) is 10.0. The van der Waals surface area contributed by atoms with Crippen LogP contribution in [0.2, 0.25) is 0 Å². The van der Waals surface area contributed by atoms with Gasteiger partial charge in [0.1, 0.15) is 23.9 Å². The lowest BCUT2D eigenvalue weighted by Crippen LogP contribution is -2.31. The number of halogens is 1. The van der Waals surface area contributed by atoms with Gasteiger partial charge in [0.15, 0.2) is 0 Å².